The number of quaternary nitrogens is 1. The molecule has 0 atom stereocenters. The number of nitrogens with zero attached hydrogens (tertiary/aromatic N) is 1. The molecule has 0 amide bonds. The van der Waals surface area contributed by atoms with Crippen LogP contribution in [0.4, 0.5) is 0 Å². The molecule has 78 valence electrons. The number of carbonyl (C=O) groups is 1. The van der Waals surface area contributed by atoms with Crippen molar-refractivity contribution in [1.82, 2.24) is 0 Å². The molecule has 0 spiro atoms. The summed E-state index contributed by atoms with van der Waals surface area (Å²) in [5.41, 5.74) is 0. The number of hydrogen-bond acceptors (Lipinski definition) is 3. The zero-order valence-corrected chi connectivity index (χ0v) is 9.03. The van der Waals surface area contributed by atoms with E-state index in [1.807, 2.05) is 0 Å². The molecule has 0 bridgehead atoms. The van der Waals surface area contributed by atoms with Gasteiger partial charge in [0.05, 0.1) is 28.3 Å². The Morgan fingerprint density at radius 1 is 1.43 bits per heavy atom. The van der Waals surface area contributed by atoms with E-state index in [9.17, 15) is 4.79 Å². The Morgan fingerprint density at radius 2 is 2.07 bits per heavy atom. The molecule has 0 aromatic carbocycles. The van der Waals surface area contributed by atoms with Crippen LogP contribution < -0.4 is 0 Å². The van der Waals surface area contributed by atoms with Gasteiger partial charge in [-0.05, 0) is 12.1 Å². The van der Waals surface area contributed by atoms with Gasteiger partial charge in [0.1, 0.15) is 6.54 Å². The molecule has 4 heteroatoms. The molecule has 0 aliphatic carbocycles. The standard InChI is InChI=1S/C10H16NO3/c1-11(2,3)7-8-5-6-9(14-8)10(12)13-4/h5-6H,7H2,1-4H3/q+1. The van der Waals surface area contributed by atoms with Gasteiger partial charge in [0.2, 0.25) is 5.76 Å². The van der Waals surface area contributed by atoms with E-state index in [1.165, 1.54) is 7.11 Å². The Morgan fingerprint density at radius 3 is 2.57 bits per heavy atom. The summed E-state index contributed by atoms with van der Waals surface area (Å²) in [6.45, 7) is 0.747. The van der Waals surface area contributed by atoms with Crippen molar-refractivity contribution in [2.45, 2.75) is 6.54 Å². The third kappa shape index (κ3) is 2.88. The van der Waals surface area contributed by atoms with Crippen LogP contribution in [0.25, 0.3) is 0 Å². The number of ether oxygens (including phenoxy) is 1. The minimum Gasteiger partial charge on any atom is -0.463 e. The van der Waals surface area contributed by atoms with Crippen molar-refractivity contribution in [3.63, 3.8) is 0 Å². The first-order chi connectivity index (χ1) is 6.42. The number of carbonyl (C=O) groups excluding carboxylic acids is 1. The van der Waals surface area contributed by atoms with Crippen molar-refractivity contribution < 1.29 is 18.4 Å². The van der Waals surface area contributed by atoms with Crippen LogP contribution in [0.1, 0.15) is 16.3 Å². The molecule has 14 heavy (non-hydrogen) atoms. The SMILES string of the molecule is COC(=O)c1ccc(C[N+](C)(C)C)o1. The lowest BCUT2D eigenvalue weighted by molar-refractivity contribution is -0.884. The van der Waals surface area contributed by atoms with Gasteiger partial charge in [0.25, 0.3) is 0 Å². The molecule has 0 saturated carbocycles. The van der Waals surface area contributed by atoms with Gasteiger partial charge in [-0.3, -0.25) is 0 Å². The van der Waals surface area contributed by atoms with Crippen LogP contribution in [-0.4, -0.2) is 38.7 Å². The Labute approximate surface area is 83.7 Å². The normalized spacial score (nSPS) is 11.4. The quantitative estimate of drug-likeness (QED) is 0.542. The third-order valence-electron chi connectivity index (χ3n) is 1.68. The zero-order chi connectivity index (χ0) is 10.8. The molecule has 1 rings (SSSR count). The maximum atomic E-state index is 11.1. The number of hydrogen-bond donors (Lipinski definition) is 0. The van der Waals surface area contributed by atoms with Gasteiger partial charge in [0, 0.05) is 0 Å². The van der Waals surface area contributed by atoms with Crippen LogP contribution in [-0.2, 0) is 11.3 Å². The molecular formula is C10H16NO3+. The Balaban J connectivity index is 2.74. The fourth-order valence-electron chi connectivity index (χ4n) is 1.14. The second-order valence-corrected chi connectivity index (χ2v) is 4.21. The van der Waals surface area contributed by atoms with Crippen molar-refractivity contribution in [3.05, 3.63) is 23.7 Å². The molecule has 0 aliphatic heterocycles. The predicted molar refractivity (Wildman–Crippen MR) is 51.8 cm³/mol. The smallest absolute Gasteiger partial charge is 0.373 e. The van der Waals surface area contributed by atoms with Crippen LogP contribution in [0.15, 0.2) is 16.5 Å². The molecule has 0 N–H and O–H groups in total. The molecular weight excluding hydrogens is 182 g/mol. The average molecular weight is 198 g/mol. The van der Waals surface area contributed by atoms with E-state index in [0.717, 1.165) is 16.8 Å². The van der Waals surface area contributed by atoms with Gasteiger partial charge in [0.15, 0.2) is 5.76 Å². The molecule has 0 fully saturated rings. The van der Waals surface area contributed by atoms with Crippen LogP contribution in [0, 0.1) is 0 Å². The van der Waals surface area contributed by atoms with Crippen molar-refractivity contribution in [2.24, 2.45) is 0 Å². The molecule has 1 aromatic heterocycles. The van der Waals surface area contributed by atoms with E-state index in [2.05, 4.69) is 25.9 Å². The topological polar surface area (TPSA) is 39.4 Å². The highest BCUT2D eigenvalue weighted by Crippen LogP contribution is 2.12. The van der Waals surface area contributed by atoms with E-state index in [4.69, 9.17) is 4.42 Å². The fraction of sp³-hybridized carbons (Fsp3) is 0.500. The minimum absolute atomic E-state index is 0.260. The summed E-state index contributed by atoms with van der Waals surface area (Å²) in [6, 6.07) is 3.44. The number of furan rings is 1. The molecule has 1 heterocycles. The first-order valence-corrected chi connectivity index (χ1v) is 4.40. The highest BCUT2D eigenvalue weighted by atomic mass is 16.5. The van der Waals surface area contributed by atoms with Gasteiger partial charge in [-0.25, -0.2) is 4.79 Å². The van der Waals surface area contributed by atoms with Gasteiger partial charge in [-0.1, -0.05) is 0 Å². The highest BCUT2D eigenvalue weighted by Gasteiger charge is 2.15. The van der Waals surface area contributed by atoms with Gasteiger partial charge in [-0.2, -0.15) is 0 Å². The summed E-state index contributed by atoms with van der Waals surface area (Å²) in [4.78, 5) is 11.1. The van der Waals surface area contributed by atoms with E-state index >= 15 is 0 Å². The monoisotopic (exact) mass is 198 g/mol. The maximum absolute atomic E-state index is 11.1. The largest absolute Gasteiger partial charge is 0.463 e. The van der Waals surface area contributed by atoms with E-state index in [0.29, 0.717) is 0 Å². The number of methoxy groups -OCH3 is 1. The average Bonchev–Trinajstić information content (AvgIpc) is 2.48. The molecule has 0 saturated heterocycles. The Kier molecular flexibility index (Phi) is 2.96. The summed E-state index contributed by atoms with van der Waals surface area (Å²) in [5, 5.41) is 0. The minimum atomic E-state index is -0.433. The Hall–Kier alpha value is -1.29. The number of esters is 1. The zero-order valence-electron chi connectivity index (χ0n) is 9.03. The summed E-state index contributed by atoms with van der Waals surface area (Å²) in [6.07, 6.45) is 0. The first kappa shape index (κ1) is 10.8. The van der Waals surface area contributed by atoms with E-state index in [1.54, 1.807) is 12.1 Å². The van der Waals surface area contributed by atoms with Gasteiger partial charge in [-0.15, -0.1) is 0 Å². The van der Waals surface area contributed by atoms with Crippen molar-refractivity contribution in [3.8, 4) is 0 Å². The molecule has 1 aromatic rings. The van der Waals surface area contributed by atoms with E-state index in [-0.39, 0.29) is 5.76 Å². The Bertz CT molecular complexity index is 322. The summed E-state index contributed by atoms with van der Waals surface area (Å²) < 4.78 is 10.6. The van der Waals surface area contributed by atoms with Crippen molar-refractivity contribution >= 4 is 5.97 Å². The molecule has 0 aliphatic rings. The summed E-state index contributed by atoms with van der Waals surface area (Å²) in [5.74, 6) is 0.617. The van der Waals surface area contributed by atoms with Crippen LogP contribution in [0.5, 0.6) is 0 Å². The summed E-state index contributed by atoms with van der Waals surface area (Å²) >= 11 is 0. The van der Waals surface area contributed by atoms with Crippen molar-refractivity contribution in [2.75, 3.05) is 28.3 Å². The van der Waals surface area contributed by atoms with Gasteiger partial charge >= 0.3 is 5.97 Å². The van der Waals surface area contributed by atoms with Crippen LogP contribution in [0.2, 0.25) is 0 Å². The lowest BCUT2D eigenvalue weighted by Crippen LogP contribution is -2.33. The van der Waals surface area contributed by atoms with E-state index < -0.39 is 5.97 Å². The van der Waals surface area contributed by atoms with Crippen LogP contribution >= 0.6 is 0 Å². The highest BCUT2D eigenvalue weighted by molar-refractivity contribution is 5.86. The molecule has 0 unspecified atom stereocenters. The third-order valence-corrected chi connectivity index (χ3v) is 1.68. The second-order valence-electron chi connectivity index (χ2n) is 4.21. The fourth-order valence-corrected chi connectivity index (χ4v) is 1.14. The first-order valence-electron chi connectivity index (χ1n) is 4.40. The lowest BCUT2D eigenvalue weighted by Gasteiger charge is -2.22. The number of rotatable bonds is 3. The van der Waals surface area contributed by atoms with Crippen molar-refractivity contribution in [1.29, 1.82) is 0 Å². The van der Waals surface area contributed by atoms with Gasteiger partial charge < -0.3 is 13.6 Å². The maximum Gasteiger partial charge on any atom is 0.373 e. The summed E-state index contributed by atoms with van der Waals surface area (Å²) in [7, 11) is 7.51. The van der Waals surface area contributed by atoms with Crippen LogP contribution in [0.3, 0.4) is 0 Å². The second kappa shape index (κ2) is 3.84. The molecule has 0 radical (unpaired) electrons. The lowest BCUT2D eigenvalue weighted by atomic mass is 10.4. The predicted octanol–water partition coefficient (Wildman–Crippen LogP) is 1.27. The molecule has 4 nitrogen and oxygen atoms in total.